The molecule has 17 heavy (non-hydrogen) atoms. The monoisotopic (exact) mass is 251 g/mol. The van der Waals surface area contributed by atoms with Crippen LogP contribution >= 0.6 is 11.6 Å². The zero-order valence-corrected chi connectivity index (χ0v) is 10.9. The van der Waals surface area contributed by atoms with E-state index in [4.69, 9.17) is 11.6 Å². The van der Waals surface area contributed by atoms with E-state index in [0.717, 1.165) is 12.0 Å². The van der Waals surface area contributed by atoms with E-state index in [9.17, 15) is 4.79 Å². The molecule has 1 aliphatic carbocycles. The van der Waals surface area contributed by atoms with Crippen molar-refractivity contribution in [3.05, 3.63) is 28.8 Å². The van der Waals surface area contributed by atoms with Gasteiger partial charge in [-0.1, -0.05) is 36.9 Å². The summed E-state index contributed by atoms with van der Waals surface area (Å²) in [5.74, 6) is 0. The Kier molecular flexibility index (Phi) is 4.06. The van der Waals surface area contributed by atoms with Crippen LogP contribution in [0.15, 0.2) is 18.2 Å². The molecule has 2 nitrogen and oxygen atoms in total. The van der Waals surface area contributed by atoms with Crippen molar-refractivity contribution < 1.29 is 4.79 Å². The molecule has 0 spiro atoms. The number of hydrogen-bond donors (Lipinski definition) is 0. The molecule has 0 bridgehead atoms. The molecule has 1 aromatic rings. The molecule has 1 fully saturated rings. The topological polar surface area (TPSA) is 20.3 Å². The molecule has 0 amide bonds. The van der Waals surface area contributed by atoms with E-state index in [1.54, 1.807) is 6.07 Å². The molecule has 1 aromatic carbocycles. The number of hydrogen-bond acceptors (Lipinski definition) is 2. The van der Waals surface area contributed by atoms with Gasteiger partial charge in [0.1, 0.15) is 0 Å². The van der Waals surface area contributed by atoms with Gasteiger partial charge in [0.2, 0.25) is 0 Å². The first-order chi connectivity index (χ1) is 8.24. The van der Waals surface area contributed by atoms with Crippen LogP contribution in [0.3, 0.4) is 0 Å². The Morgan fingerprint density at radius 1 is 1.29 bits per heavy atom. The van der Waals surface area contributed by atoms with E-state index < -0.39 is 0 Å². The van der Waals surface area contributed by atoms with E-state index in [1.807, 2.05) is 12.1 Å². The maximum absolute atomic E-state index is 11.1. The Balaban J connectivity index is 2.26. The summed E-state index contributed by atoms with van der Waals surface area (Å²) in [4.78, 5) is 13.3. The minimum atomic E-state index is 0.542. The Labute approximate surface area is 108 Å². The molecule has 0 heterocycles. The van der Waals surface area contributed by atoms with Crippen molar-refractivity contribution in [2.24, 2.45) is 0 Å². The van der Waals surface area contributed by atoms with Crippen molar-refractivity contribution in [2.45, 2.75) is 38.1 Å². The highest BCUT2D eigenvalue weighted by Crippen LogP contribution is 2.30. The van der Waals surface area contributed by atoms with E-state index in [1.165, 1.54) is 32.1 Å². The number of rotatable bonds is 3. The highest BCUT2D eigenvalue weighted by molar-refractivity contribution is 6.33. The molecule has 0 aliphatic heterocycles. The maximum atomic E-state index is 11.1. The summed E-state index contributed by atoms with van der Waals surface area (Å²) in [6.45, 7) is 0. The minimum Gasteiger partial charge on any atom is -0.371 e. The number of benzene rings is 1. The predicted molar refractivity (Wildman–Crippen MR) is 72.1 cm³/mol. The number of carbonyl (C=O) groups excluding carboxylic acids is 1. The molecule has 1 aliphatic rings. The van der Waals surface area contributed by atoms with Gasteiger partial charge in [0, 0.05) is 18.8 Å². The average Bonchev–Trinajstić information content (AvgIpc) is 2.38. The largest absolute Gasteiger partial charge is 0.371 e. The molecule has 0 saturated heterocycles. The molecule has 1 saturated carbocycles. The number of aldehydes is 1. The Bertz CT molecular complexity index is 399. The summed E-state index contributed by atoms with van der Waals surface area (Å²) in [5, 5.41) is 0.542. The molecule has 0 radical (unpaired) electrons. The number of anilines is 1. The summed E-state index contributed by atoms with van der Waals surface area (Å²) in [6.07, 6.45) is 7.18. The van der Waals surface area contributed by atoms with E-state index in [0.29, 0.717) is 16.6 Å². The SMILES string of the molecule is CN(c1cccc(Cl)c1C=O)C1CCCCC1. The average molecular weight is 252 g/mol. The molecular formula is C14H18ClNO. The normalized spacial score (nSPS) is 16.8. The molecule has 3 heteroatoms. The number of nitrogens with zero attached hydrogens (tertiary/aromatic N) is 1. The second-order valence-electron chi connectivity index (χ2n) is 4.69. The lowest BCUT2D eigenvalue weighted by atomic mass is 9.94. The van der Waals surface area contributed by atoms with Crippen LogP contribution < -0.4 is 4.90 Å². The summed E-state index contributed by atoms with van der Waals surface area (Å²) in [5.41, 5.74) is 1.57. The Morgan fingerprint density at radius 2 is 2.00 bits per heavy atom. The first-order valence-electron chi connectivity index (χ1n) is 6.20. The van der Waals surface area contributed by atoms with E-state index in [-0.39, 0.29) is 0 Å². The van der Waals surface area contributed by atoms with Crippen molar-refractivity contribution in [2.75, 3.05) is 11.9 Å². The standard InChI is InChI=1S/C14H18ClNO/c1-16(11-6-3-2-4-7-11)14-9-5-8-13(15)12(14)10-17/h5,8-11H,2-4,6-7H2,1H3. The fraction of sp³-hybridized carbons (Fsp3) is 0.500. The van der Waals surface area contributed by atoms with Gasteiger partial charge in [0.25, 0.3) is 0 Å². The molecular weight excluding hydrogens is 234 g/mol. The van der Waals surface area contributed by atoms with Gasteiger partial charge in [0.05, 0.1) is 10.6 Å². The van der Waals surface area contributed by atoms with Gasteiger partial charge >= 0.3 is 0 Å². The highest BCUT2D eigenvalue weighted by atomic mass is 35.5. The van der Waals surface area contributed by atoms with Crippen molar-refractivity contribution >= 4 is 23.6 Å². The van der Waals surface area contributed by atoms with Gasteiger partial charge < -0.3 is 4.90 Å². The van der Waals surface area contributed by atoms with Crippen LogP contribution in [0.5, 0.6) is 0 Å². The third-order valence-electron chi connectivity index (χ3n) is 3.65. The lowest BCUT2D eigenvalue weighted by Crippen LogP contribution is -2.33. The summed E-state index contributed by atoms with van der Waals surface area (Å²) in [7, 11) is 2.06. The van der Waals surface area contributed by atoms with Gasteiger partial charge in [-0.25, -0.2) is 0 Å². The van der Waals surface area contributed by atoms with Crippen molar-refractivity contribution in [3.8, 4) is 0 Å². The number of carbonyl (C=O) groups is 1. The van der Waals surface area contributed by atoms with Gasteiger partial charge in [-0.15, -0.1) is 0 Å². The second kappa shape index (κ2) is 5.54. The maximum Gasteiger partial charge on any atom is 0.153 e. The van der Waals surface area contributed by atoms with Crippen LogP contribution in [0.2, 0.25) is 5.02 Å². The highest BCUT2D eigenvalue weighted by Gasteiger charge is 2.20. The van der Waals surface area contributed by atoms with Crippen molar-refractivity contribution in [1.82, 2.24) is 0 Å². The summed E-state index contributed by atoms with van der Waals surface area (Å²) >= 11 is 6.05. The molecule has 0 N–H and O–H groups in total. The number of halogens is 1. The smallest absolute Gasteiger partial charge is 0.153 e. The zero-order valence-electron chi connectivity index (χ0n) is 10.2. The van der Waals surface area contributed by atoms with E-state index >= 15 is 0 Å². The fourth-order valence-corrected chi connectivity index (χ4v) is 2.83. The molecule has 0 unspecified atom stereocenters. The third-order valence-corrected chi connectivity index (χ3v) is 3.98. The van der Waals surface area contributed by atoms with Crippen LogP contribution in [0.4, 0.5) is 5.69 Å². The minimum absolute atomic E-state index is 0.542. The van der Waals surface area contributed by atoms with Crippen LogP contribution in [-0.2, 0) is 0 Å². The molecule has 2 rings (SSSR count). The van der Waals surface area contributed by atoms with Crippen LogP contribution in [0, 0.1) is 0 Å². The van der Waals surface area contributed by atoms with Gasteiger partial charge in [-0.05, 0) is 25.0 Å². The van der Waals surface area contributed by atoms with Gasteiger partial charge in [-0.3, -0.25) is 4.79 Å². The second-order valence-corrected chi connectivity index (χ2v) is 5.10. The zero-order chi connectivity index (χ0) is 12.3. The third kappa shape index (κ3) is 2.63. The van der Waals surface area contributed by atoms with Crippen molar-refractivity contribution in [3.63, 3.8) is 0 Å². The van der Waals surface area contributed by atoms with Crippen molar-refractivity contribution in [1.29, 1.82) is 0 Å². The van der Waals surface area contributed by atoms with Gasteiger partial charge in [0.15, 0.2) is 6.29 Å². The lowest BCUT2D eigenvalue weighted by Gasteiger charge is -2.33. The van der Waals surface area contributed by atoms with Crippen LogP contribution in [0.1, 0.15) is 42.5 Å². The first kappa shape index (κ1) is 12.4. The van der Waals surface area contributed by atoms with E-state index in [2.05, 4.69) is 11.9 Å². The van der Waals surface area contributed by atoms with Crippen LogP contribution in [-0.4, -0.2) is 19.4 Å². The summed E-state index contributed by atoms with van der Waals surface area (Å²) < 4.78 is 0. The van der Waals surface area contributed by atoms with Gasteiger partial charge in [-0.2, -0.15) is 0 Å². The molecule has 0 aromatic heterocycles. The summed E-state index contributed by atoms with van der Waals surface area (Å²) in [6, 6.07) is 6.19. The first-order valence-corrected chi connectivity index (χ1v) is 6.58. The Hall–Kier alpha value is -1.02. The lowest BCUT2D eigenvalue weighted by molar-refractivity contribution is 0.112. The van der Waals surface area contributed by atoms with Crippen LogP contribution in [0.25, 0.3) is 0 Å². The Morgan fingerprint density at radius 3 is 2.65 bits per heavy atom. The fourth-order valence-electron chi connectivity index (χ4n) is 2.61. The molecule has 0 atom stereocenters. The quantitative estimate of drug-likeness (QED) is 0.759. The predicted octanol–water partition coefficient (Wildman–Crippen LogP) is 3.92. The molecule has 92 valence electrons.